The minimum Gasteiger partial charge on any atom is -0.311 e. The number of halogens is 1. The minimum atomic E-state index is -3.01. The summed E-state index contributed by atoms with van der Waals surface area (Å²) in [6.07, 6.45) is 2.76. The lowest BCUT2D eigenvalue weighted by molar-refractivity contribution is -0.119. The number of carbonyl (C=O) groups excluding carboxylic acids is 1. The van der Waals surface area contributed by atoms with Crippen molar-refractivity contribution in [1.82, 2.24) is 0 Å². The predicted molar refractivity (Wildman–Crippen MR) is 83.9 cm³/mol. The molecule has 4 nitrogen and oxygen atoms in total. The highest BCUT2D eigenvalue weighted by Gasteiger charge is 2.30. The number of anilines is 1. The van der Waals surface area contributed by atoms with E-state index >= 15 is 0 Å². The van der Waals surface area contributed by atoms with Crippen molar-refractivity contribution in [3.05, 3.63) is 30.1 Å². The lowest BCUT2D eigenvalue weighted by Gasteiger charge is -2.32. The van der Waals surface area contributed by atoms with Crippen LogP contribution in [0.1, 0.15) is 12.8 Å². The standard InChI is InChI=1S/C14H18FNO3S2/c1-21(18,19)9-8-20-13-6-3-7-16(14(13)17)12-5-2-4-11(15)10-12/h2,4-5,10,13H,3,6-9H2,1H3/t13-/m1/s1. The second-order valence-corrected chi connectivity index (χ2v) is 8.67. The van der Waals surface area contributed by atoms with Crippen molar-refractivity contribution in [2.45, 2.75) is 18.1 Å². The smallest absolute Gasteiger partial charge is 0.240 e. The SMILES string of the molecule is CS(=O)(=O)CCS[C@@H]1CCCN(c2cccc(F)c2)C1=O. The van der Waals surface area contributed by atoms with Gasteiger partial charge in [-0.15, -0.1) is 11.8 Å². The summed E-state index contributed by atoms with van der Waals surface area (Å²) in [5.74, 6) is 0.0469. The minimum absolute atomic E-state index is 0.0645. The van der Waals surface area contributed by atoms with Crippen molar-refractivity contribution in [1.29, 1.82) is 0 Å². The summed E-state index contributed by atoms with van der Waals surface area (Å²) in [6, 6.07) is 5.99. The molecule has 21 heavy (non-hydrogen) atoms. The third kappa shape index (κ3) is 4.71. The van der Waals surface area contributed by atoms with Crippen LogP contribution in [-0.2, 0) is 14.6 Å². The summed E-state index contributed by atoms with van der Waals surface area (Å²) in [5, 5.41) is -0.247. The number of sulfone groups is 1. The lowest BCUT2D eigenvalue weighted by Crippen LogP contribution is -2.43. The van der Waals surface area contributed by atoms with Gasteiger partial charge in [-0.25, -0.2) is 12.8 Å². The zero-order chi connectivity index (χ0) is 15.5. The van der Waals surface area contributed by atoms with Gasteiger partial charge in [0.05, 0.1) is 11.0 Å². The van der Waals surface area contributed by atoms with Gasteiger partial charge < -0.3 is 4.90 Å². The van der Waals surface area contributed by atoms with Gasteiger partial charge in [-0.2, -0.15) is 0 Å². The van der Waals surface area contributed by atoms with E-state index < -0.39 is 9.84 Å². The average molecular weight is 331 g/mol. The fraction of sp³-hybridized carbons (Fsp3) is 0.500. The second kappa shape index (κ2) is 6.79. The van der Waals surface area contributed by atoms with Crippen molar-refractivity contribution in [2.75, 3.05) is 29.2 Å². The van der Waals surface area contributed by atoms with E-state index in [9.17, 15) is 17.6 Å². The molecular weight excluding hydrogens is 313 g/mol. The molecule has 0 saturated carbocycles. The molecule has 0 unspecified atom stereocenters. The molecule has 0 spiro atoms. The summed E-state index contributed by atoms with van der Waals surface area (Å²) in [6.45, 7) is 0.575. The Kier molecular flexibility index (Phi) is 5.27. The van der Waals surface area contributed by atoms with Crippen molar-refractivity contribution < 1.29 is 17.6 Å². The fourth-order valence-corrected chi connectivity index (χ4v) is 4.72. The first kappa shape index (κ1) is 16.3. The van der Waals surface area contributed by atoms with Gasteiger partial charge in [0, 0.05) is 24.2 Å². The Morgan fingerprint density at radius 1 is 1.43 bits per heavy atom. The van der Waals surface area contributed by atoms with Gasteiger partial charge in [0.15, 0.2) is 0 Å². The highest BCUT2D eigenvalue weighted by molar-refractivity contribution is 8.01. The number of piperidine rings is 1. The number of benzene rings is 1. The topological polar surface area (TPSA) is 54.5 Å². The van der Waals surface area contributed by atoms with Crippen LogP contribution < -0.4 is 4.90 Å². The first-order chi connectivity index (χ1) is 9.87. The number of rotatable bonds is 5. The van der Waals surface area contributed by atoms with Crippen LogP contribution >= 0.6 is 11.8 Å². The molecule has 7 heteroatoms. The Morgan fingerprint density at radius 3 is 2.86 bits per heavy atom. The van der Waals surface area contributed by atoms with E-state index in [0.717, 1.165) is 12.8 Å². The summed E-state index contributed by atoms with van der Waals surface area (Å²) < 4.78 is 35.5. The molecular formula is C14H18FNO3S2. The van der Waals surface area contributed by atoms with Crippen LogP contribution in [0, 0.1) is 5.82 Å². The van der Waals surface area contributed by atoms with Gasteiger partial charge in [-0.3, -0.25) is 4.79 Å². The average Bonchev–Trinajstić information content (AvgIpc) is 2.39. The molecule has 1 atom stereocenters. The highest BCUT2D eigenvalue weighted by Crippen LogP contribution is 2.28. The van der Waals surface area contributed by atoms with Gasteiger partial charge in [-0.1, -0.05) is 6.07 Å². The molecule has 0 N–H and O–H groups in total. The normalized spacial score (nSPS) is 19.8. The first-order valence-electron chi connectivity index (χ1n) is 6.73. The molecule has 1 saturated heterocycles. The Morgan fingerprint density at radius 2 is 2.19 bits per heavy atom. The molecule has 1 aromatic carbocycles. The molecule has 0 aliphatic carbocycles. The van der Waals surface area contributed by atoms with E-state index in [0.29, 0.717) is 18.0 Å². The van der Waals surface area contributed by atoms with E-state index in [1.165, 1.54) is 30.2 Å². The largest absolute Gasteiger partial charge is 0.311 e. The summed E-state index contributed by atoms with van der Waals surface area (Å²) in [7, 11) is -3.01. The van der Waals surface area contributed by atoms with E-state index in [1.54, 1.807) is 17.0 Å². The number of amides is 1. The van der Waals surface area contributed by atoms with Crippen LogP contribution in [0.15, 0.2) is 24.3 Å². The molecule has 0 aromatic heterocycles. The maximum Gasteiger partial charge on any atom is 0.240 e. The van der Waals surface area contributed by atoms with E-state index in [4.69, 9.17) is 0 Å². The number of carbonyl (C=O) groups is 1. The Labute approximate surface area is 128 Å². The van der Waals surface area contributed by atoms with Crippen LogP contribution in [0.3, 0.4) is 0 Å². The summed E-state index contributed by atoms with van der Waals surface area (Å²) in [4.78, 5) is 14.0. The monoisotopic (exact) mass is 331 g/mol. The predicted octanol–water partition coefficient (Wildman–Crippen LogP) is 2.10. The van der Waals surface area contributed by atoms with Crippen molar-refractivity contribution in [2.24, 2.45) is 0 Å². The zero-order valence-electron chi connectivity index (χ0n) is 11.8. The Hall–Kier alpha value is -1.08. The quantitative estimate of drug-likeness (QED) is 0.829. The Bertz CT molecular complexity index is 618. The van der Waals surface area contributed by atoms with E-state index in [-0.39, 0.29) is 22.7 Å². The lowest BCUT2D eigenvalue weighted by atomic mass is 10.1. The summed E-state index contributed by atoms with van der Waals surface area (Å²) in [5.41, 5.74) is 0.563. The molecule has 1 heterocycles. The molecule has 116 valence electrons. The van der Waals surface area contributed by atoms with Crippen molar-refractivity contribution in [3.63, 3.8) is 0 Å². The third-order valence-corrected chi connectivity index (χ3v) is 5.77. The van der Waals surface area contributed by atoms with Crippen molar-refractivity contribution >= 4 is 33.2 Å². The highest BCUT2D eigenvalue weighted by atomic mass is 32.2. The molecule has 2 rings (SSSR count). The van der Waals surface area contributed by atoms with Gasteiger partial charge in [-0.05, 0) is 31.0 Å². The van der Waals surface area contributed by atoms with Crippen molar-refractivity contribution in [3.8, 4) is 0 Å². The number of hydrogen-bond acceptors (Lipinski definition) is 4. The third-order valence-electron chi connectivity index (χ3n) is 3.28. The van der Waals surface area contributed by atoms with Crippen LogP contribution in [0.5, 0.6) is 0 Å². The van der Waals surface area contributed by atoms with Gasteiger partial charge in [0.1, 0.15) is 15.7 Å². The molecule has 1 aromatic rings. The molecule has 1 aliphatic rings. The molecule has 1 aliphatic heterocycles. The zero-order valence-corrected chi connectivity index (χ0v) is 13.4. The summed E-state index contributed by atoms with van der Waals surface area (Å²) >= 11 is 1.37. The fourth-order valence-electron chi connectivity index (χ4n) is 2.24. The van der Waals surface area contributed by atoms with Crippen LogP contribution in [0.4, 0.5) is 10.1 Å². The number of thioether (sulfide) groups is 1. The first-order valence-corrected chi connectivity index (χ1v) is 9.84. The van der Waals surface area contributed by atoms with E-state index in [2.05, 4.69) is 0 Å². The van der Waals surface area contributed by atoms with Crippen LogP contribution in [0.25, 0.3) is 0 Å². The maximum atomic E-state index is 13.3. The molecule has 1 fully saturated rings. The Balaban J connectivity index is 2.01. The van der Waals surface area contributed by atoms with E-state index in [1.807, 2.05) is 0 Å². The van der Waals surface area contributed by atoms with Crippen LogP contribution in [-0.4, -0.2) is 43.9 Å². The van der Waals surface area contributed by atoms with Crippen LogP contribution in [0.2, 0.25) is 0 Å². The second-order valence-electron chi connectivity index (χ2n) is 5.10. The van der Waals surface area contributed by atoms with Gasteiger partial charge >= 0.3 is 0 Å². The van der Waals surface area contributed by atoms with Gasteiger partial charge in [0.2, 0.25) is 5.91 Å². The maximum absolute atomic E-state index is 13.3. The number of nitrogens with zero attached hydrogens (tertiary/aromatic N) is 1. The molecule has 0 bridgehead atoms. The molecule has 0 radical (unpaired) electrons. The van der Waals surface area contributed by atoms with Gasteiger partial charge in [0.25, 0.3) is 0 Å². The molecule has 1 amide bonds. The number of hydrogen-bond donors (Lipinski definition) is 0.